The number of aliphatic carboxylic acids is 1. The highest BCUT2D eigenvalue weighted by Gasteiger charge is 2.42. The van der Waals surface area contributed by atoms with Crippen molar-refractivity contribution in [1.29, 1.82) is 0 Å². The van der Waals surface area contributed by atoms with Gasteiger partial charge >= 0.3 is 12.1 Å². The second-order valence-corrected chi connectivity index (χ2v) is 8.87. The molecule has 1 fully saturated rings. The van der Waals surface area contributed by atoms with Gasteiger partial charge < -0.3 is 14.6 Å². The van der Waals surface area contributed by atoms with Crippen LogP contribution in [-0.2, 0) is 9.53 Å². The van der Waals surface area contributed by atoms with Gasteiger partial charge in [0.2, 0.25) is 0 Å². The summed E-state index contributed by atoms with van der Waals surface area (Å²) in [6.07, 6.45) is -0.915. The van der Waals surface area contributed by atoms with Gasteiger partial charge in [0, 0.05) is 12.3 Å². The lowest BCUT2D eigenvalue weighted by Crippen LogP contribution is -2.41. The summed E-state index contributed by atoms with van der Waals surface area (Å²) in [7, 11) is 0. The molecule has 0 bridgehead atoms. The highest BCUT2D eigenvalue weighted by molar-refractivity contribution is 5.81. The zero-order valence-electron chi connectivity index (χ0n) is 19.7. The number of carbonyl (C=O) groups is 2. The molecule has 0 aromatic heterocycles. The number of carboxylic acid groups (broad SMARTS) is 1. The molecule has 6 nitrogen and oxygen atoms in total. The van der Waals surface area contributed by atoms with Gasteiger partial charge in [0.1, 0.15) is 24.5 Å². The van der Waals surface area contributed by atoms with Crippen molar-refractivity contribution in [2.24, 2.45) is 0 Å². The zero-order valence-corrected chi connectivity index (χ0v) is 19.7. The Balaban J connectivity index is 1.29. The number of carbonyl (C=O) groups excluding carboxylic acids is 1. The normalized spacial score (nSPS) is 18.1. The van der Waals surface area contributed by atoms with E-state index in [9.17, 15) is 14.7 Å². The molecule has 2 atom stereocenters. The summed E-state index contributed by atoms with van der Waals surface area (Å²) >= 11 is 0. The zero-order chi connectivity index (χ0) is 24.9. The number of fused-ring (bicyclic) bond motifs is 3. The first-order valence-electron chi connectivity index (χ1n) is 12.0. The predicted molar refractivity (Wildman–Crippen MR) is 136 cm³/mol. The number of nitrogens with zero attached hydrogens (tertiary/aromatic N) is 1. The molecule has 182 valence electrons. The van der Waals surface area contributed by atoms with Gasteiger partial charge in [-0.2, -0.15) is 0 Å². The monoisotopic (exact) mass is 481 g/mol. The van der Waals surface area contributed by atoms with Crippen LogP contribution in [0.1, 0.15) is 23.5 Å². The van der Waals surface area contributed by atoms with E-state index >= 15 is 0 Å². The second-order valence-electron chi connectivity index (χ2n) is 8.87. The van der Waals surface area contributed by atoms with Crippen LogP contribution < -0.4 is 4.74 Å². The Bertz CT molecular complexity index is 1250. The van der Waals surface area contributed by atoms with E-state index in [0.29, 0.717) is 5.75 Å². The summed E-state index contributed by atoms with van der Waals surface area (Å²) in [5, 5.41) is 9.79. The van der Waals surface area contributed by atoms with Gasteiger partial charge in [0.25, 0.3) is 0 Å². The van der Waals surface area contributed by atoms with Gasteiger partial charge in [-0.05, 0) is 34.4 Å². The van der Waals surface area contributed by atoms with Crippen LogP contribution in [0.15, 0.2) is 103 Å². The van der Waals surface area contributed by atoms with Crippen LogP contribution in [0.3, 0.4) is 0 Å². The van der Waals surface area contributed by atoms with E-state index in [1.807, 2.05) is 91.0 Å². The molecule has 3 aromatic rings. The Morgan fingerprint density at radius 3 is 1.89 bits per heavy atom. The maximum Gasteiger partial charge on any atom is 0.410 e. The standard InChI is InChI=1S/C30H27NO5/c32-29(33)28-18-22(36-21-12-6-4-2-1-3-5-7-13-21)19-31(28)30(34)35-20-27-25-16-10-8-14-23(25)24-15-9-11-17-26(24)27/h1-17,22,27-28H,18-20H2,(H,32,33)/t22-,28+/m1/s1. The lowest BCUT2D eigenvalue weighted by Gasteiger charge is -2.22. The summed E-state index contributed by atoms with van der Waals surface area (Å²) in [5.41, 5.74) is 4.49. The fraction of sp³-hybridized carbons (Fsp3) is 0.200. The fourth-order valence-electron chi connectivity index (χ4n) is 4.94. The van der Waals surface area contributed by atoms with Crippen LogP contribution in [-0.4, -0.2) is 47.4 Å². The van der Waals surface area contributed by atoms with E-state index in [0.717, 1.165) is 22.3 Å². The van der Waals surface area contributed by atoms with Gasteiger partial charge in [-0.3, -0.25) is 4.90 Å². The van der Waals surface area contributed by atoms with Crippen molar-refractivity contribution in [2.45, 2.75) is 24.5 Å². The van der Waals surface area contributed by atoms with Gasteiger partial charge in [-0.25, -0.2) is 9.59 Å². The number of hydrogen-bond acceptors (Lipinski definition) is 4. The first-order chi connectivity index (χ1) is 17.6. The average molecular weight is 482 g/mol. The molecule has 36 heavy (non-hydrogen) atoms. The molecule has 0 radical (unpaired) electrons. The Hall–Kier alpha value is -4.32. The lowest BCUT2D eigenvalue weighted by atomic mass is 9.98. The molecule has 5 rings (SSSR count). The third-order valence-electron chi connectivity index (χ3n) is 6.61. The summed E-state index contributed by atoms with van der Waals surface area (Å²) in [6, 6.07) is 32.0. The van der Waals surface area contributed by atoms with Crippen LogP contribution in [0.5, 0.6) is 5.75 Å². The number of hydrogen-bond donors (Lipinski definition) is 1. The predicted octanol–water partition coefficient (Wildman–Crippen LogP) is 5.67. The van der Waals surface area contributed by atoms with Crippen molar-refractivity contribution in [3.05, 3.63) is 114 Å². The molecule has 1 N–H and O–H groups in total. The van der Waals surface area contributed by atoms with Crippen LogP contribution in [0.2, 0.25) is 0 Å². The van der Waals surface area contributed by atoms with Crippen LogP contribution in [0, 0.1) is 0 Å². The number of amides is 1. The molecule has 0 spiro atoms. The average Bonchev–Trinajstić information content (AvgIpc) is 3.46. The highest BCUT2D eigenvalue weighted by atomic mass is 16.6. The van der Waals surface area contributed by atoms with Crippen molar-refractivity contribution in [3.8, 4) is 16.9 Å². The van der Waals surface area contributed by atoms with E-state index in [2.05, 4.69) is 12.1 Å². The number of carboxylic acids is 1. The smallest absolute Gasteiger partial charge is 0.410 e. The van der Waals surface area contributed by atoms with Crippen molar-refractivity contribution in [3.63, 3.8) is 0 Å². The molecule has 6 heteroatoms. The highest BCUT2D eigenvalue weighted by Crippen LogP contribution is 2.44. The maximum atomic E-state index is 13.1. The maximum absolute atomic E-state index is 13.1. The summed E-state index contributed by atoms with van der Waals surface area (Å²) in [6.45, 7) is 0.276. The SMILES string of the molecule is O=C(O)[C@@H]1C[C@@H](Oc2ccccccccc2)CN1C(=O)OCC1c2ccccc2-c2ccccc21. The molecular weight excluding hydrogens is 454 g/mol. The van der Waals surface area contributed by atoms with Gasteiger partial charge in [0.05, 0.1) is 6.54 Å². The Labute approximate surface area is 210 Å². The number of rotatable bonds is 5. The third-order valence-corrected chi connectivity index (χ3v) is 6.61. The molecule has 3 aromatic carbocycles. The molecule has 0 unspecified atom stereocenters. The largest absolute Gasteiger partial charge is 0.488 e. The van der Waals surface area contributed by atoms with Gasteiger partial charge in [0.15, 0.2) is 0 Å². The topological polar surface area (TPSA) is 76.1 Å². The third kappa shape index (κ3) is 4.89. The minimum atomic E-state index is -1.07. The fourth-order valence-corrected chi connectivity index (χ4v) is 4.94. The van der Waals surface area contributed by atoms with Crippen LogP contribution >= 0.6 is 0 Å². The van der Waals surface area contributed by atoms with E-state index in [1.165, 1.54) is 4.90 Å². The van der Waals surface area contributed by atoms with E-state index in [-0.39, 0.29) is 25.5 Å². The van der Waals surface area contributed by atoms with Crippen molar-refractivity contribution in [2.75, 3.05) is 13.2 Å². The van der Waals surface area contributed by atoms with E-state index < -0.39 is 24.2 Å². The minimum absolute atomic E-state index is 0.0913. The van der Waals surface area contributed by atoms with E-state index in [1.54, 1.807) is 0 Å². The molecule has 1 aliphatic carbocycles. The van der Waals surface area contributed by atoms with Crippen molar-refractivity contribution < 1.29 is 24.2 Å². The first kappa shape index (κ1) is 23.4. The quantitative estimate of drug-likeness (QED) is 0.508. The number of likely N-dealkylation sites (tertiary alicyclic amines) is 1. The lowest BCUT2D eigenvalue weighted by molar-refractivity contribution is -0.141. The summed E-state index contributed by atoms with van der Waals surface area (Å²) in [4.78, 5) is 26.3. The summed E-state index contributed by atoms with van der Waals surface area (Å²) < 4.78 is 11.8. The molecular formula is C30H27NO5. The van der Waals surface area contributed by atoms with Gasteiger partial charge in [-0.15, -0.1) is 0 Å². The molecule has 1 saturated heterocycles. The molecule has 1 aliphatic heterocycles. The Morgan fingerprint density at radius 2 is 1.31 bits per heavy atom. The van der Waals surface area contributed by atoms with Crippen molar-refractivity contribution >= 4 is 12.1 Å². The van der Waals surface area contributed by atoms with Gasteiger partial charge in [-0.1, -0.05) is 91.0 Å². The summed E-state index contributed by atoms with van der Waals surface area (Å²) in [5.74, 6) is -0.570. The van der Waals surface area contributed by atoms with Crippen molar-refractivity contribution in [1.82, 2.24) is 4.90 Å². The molecule has 1 amide bonds. The Kier molecular flexibility index (Phi) is 6.85. The van der Waals surface area contributed by atoms with Crippen LogP contribution in [0.4, 0.5) is 4.79 Å². The second kappa shape index (κ2) is 10.5. The Morgan fingerprint density at radius 1 is 0.778 bits per heavy atom. The first-order valence-corrected chi connectivity index (χ1v) is 12.0. The molecule has 0 saturated carbocycles. The van der Waals surface area contributed by atoms with E-state index in [4.69, 9.17) is 9.47 Å². The number of benzene rings is 2. The molecule has 2 aliphatic rings. The number of ether oxygens (including phenoxy) is 2. The van der Waals surface area contributed by atoms with Crippen LogP contribution in [0.25, 0.3) is 11.1 Å². The minimum Gasteiger partial charge on any atom is -0.488 e. The molecule has 1 heterocycles.